The molecule has 6 nitrogen and oxygen atoms in total. The number of urea groups is 1. The van der Waals surface area contributed by atoms with E-state index in [1.54, 1.807) is 31.6 Å². The van der Waals surface area contributed by atoms with Gasteiger partial charge in [0.2, 0.25) is 0 Å². The van der Waals surface area contributed by atoms with E-state index >= 15 is 0 Å². The van der Waals surface area contributed by atoms with E-state index in [-0.39, 0.29) is 24.0 Å². The third kappa shape index (κ3) is 4.17. The van der Waals surface area contributed by atoms with Crippen LogP contribution in [0.1, 0.15) is 42.8 Å². The molecule has 2 N–H and O–H groups in total. The molecular formula is C18H23FN4O2. The van der Waals surface area contributed by atoms with Crippen molar-refractivity contribution < 1.29 is 13.9 Å². The van der Waals surface area contributed by atoms with Gasteiger partial charge in [-0.15, -0.1) is 0 Å². The van der Waals surface area contributed by atoms with Gasteiger partial charge in [0.05, 0.1) is 12.1 Å². The average molecular weight is 346 g/mol. The highest BCUT2D eigenvalue weighted by Crippen LogP contribution is 2.28. The summed E-state index contributed by atoms with van der Waals surface area (Å²) in [6, 6.07) is 5.95. The minimum Gasteiger partial charge on any atom is -0.375 e. The van der Waals surface area contributed by atoms with Gasteiger partial charge in [-0.1, -0.05) is 12.1 Å². The molecule has 1 aliphatic heterocycles. The molecule has 0 unspecified atom stereocenters. The summed E-state index contributed by atoms with van der Waals surface area (Å²) in [6.45, 7) is 1.02. The number of imidazole rings is 1. The Hall–Kier alpha value is -2.41. The van der Waals surface area contributed by atoms with Crippen LogP contribution in [0.3, 0.4) is 0 Å². The third-order valence-electron chi connectivity index (χ3n) is 4.56. The van der Waals surface area contributed by atoms with Crippen molar-refractivity contribution in [1.29, 1.82) is 0 Å². The van der Waals surface area contributed by atoms with Crippen LogP contribution >= 0.6 is 0 Å². The lowest BCUT2D eigenvalue weighted by atomic mass is 10.0. The number of piperidine rings is 1. The molecule has 0 bridgehead atoms. The Kier molecular flexibility index (Phi) is 5.65. The van der Waals surface area contributed by atoms with Crippen LogP contribution in [0.5, 0.6) is 0 Å². The van der Waals surface area contributed by atoms with Crippen LogP contribution in [0.2, 0.25) is 0 Å². The molecule has 0 spiro atoms. The van der Waals surface area contributed by atoms with Crippen LogP contribution in [0.25, 0.3) is 0 Å². The lowest BCUT2D eigenvalue weighted by molar-refractivity contribution is 0.0970. The van der Waals surface area contributed by atoms with Crippen molar-refractivity contribution in [2.45, 2.75) is 31.4 Å². The molecule has 2 aromatic rings. The SMILES string of the molecule is CO[C@H](CNC(=O)N1CCCC[C@@H]1c1ncc[nH]1)c1ccc(F)cc1. The van der Waals surface area contributed by atoms with Crippen LogP contribution in [-0.2, 0) is 4.74 Å². The van der Waals surface area contributed by atoms with Gasteiger partial charge in [-0.2, -0.15) is 0 Å². The van der Waals surface area contributed by atoms with Gasteiger partial charge in [0.1, 0.15) is 11.6 Å². The molecule has 0 radical (unpaired) electrons. The number of nitrogens with one attached hydrogen (secondary N) is 2. The van der Waals surface area contributed by atoms with Crippen molar-refractivity contribution in [1.82, 2.24) is 20.2 Å². The molecule has 2 heterocycles. The molecule has 1 aliphatic rings. The zero-order valence-corrected chi connectivity index (χ0v) is 14.2. The van der Waals surface area contributed by atoms with E-state index in [0.717, 1.165) is 30.7 Å². The van der Waals surface area contributed by atoms with Crippen molar-refractivity contribution in [3.05, 3.63) is 53.9 Å². The Morgan fingerprint density at radius 3 is 2.92 bits per heavy atom. The summed E-state index contributed by atoms with van der Waals surface area (Å²) >= 11 is 0. The summed E-state index contributed by atoms with van der Waals surface area (Å²) in [5.41, 5.74) is 0.824. The number of nitrogens with zero attached hydrogens (tertiary/aromatic N) is 2. The molecule has 3 rings (SSSR count). The first-order valence-corrected chi connectivity index (χ1v) is 8.51. The number of hydrogen-bond acceptors (Lipinski definition) is 3. The monoisotopic (exact) mass is 346 g/mol. The topological polar surface area (TPSA) is 70.2 Å². The van der Waals surface area contributed by atoms with Crippen molar-refractivity contribution in [2.75, 3.05) is 20.2 Å². The zero-order chi connectivity index (χ0) is 17.6. The number of carbonyl (C=O) groups excluding carboxylic acids is 1. The van der Waals surface area contributed by atoms with Gasteiger partial charge in [0, 0.05) is 32.6 Å². The number of hydrogen-bond donors (Lipinski definition) is 2. The summed E-state index contributed by atoms with van der Waals surface area (Å²) in [4.78, 5) is 21.9. The average Bonchev–Trinajstić information content (AvgIpc) is 3.18. The van der Waals surface area contributed by atoms with Crippen LogP contribution in [-0.4, -0.2) is 41.1 Å². The number of aromatic amines is 1. The van der Waals surface area contributed by atoms with Gasteiger partial charge in [0.15, 0.2) is 0 Å². The van der Waals surface area contributed by atoms with Gasteiger partial charge >= 0.3 is 6.03 Å². The maximum atomic E-state index is 13.1. The Morgan fingerprint density at radius 2 is 2.24 bits per heavy atom. The molecule has 1 saturated heterocycles. The number of amides is 2. The summed E-state index contributed by atoms with van der Waals surface area (Å²) < 4.78 is 18.5. The number of benzene rings is 1. The van der Waals surface area contributed by atoms with E-state index in [4.69, 9.17) is 4.74 Å². The molecule has 2 amide bonds. The largest absolute Gasteiger partial charge is 0.375 e. The first-order chi connectivity index (χ1) is 12.2. The van der Waals surface area contributed by atoms with Crippen molar-refractivity contribution in [2.24, 2.45) is 0 Å². The van der Waals surface area contributed by atoms with Crippen LogP contribution < -0.4 is 5.32 Å². The highest BCUT2D eigenvalue weighted by molar-refractivity contribution is 5.74. The van der Waals surface area contributed by atoms with Gasteiger partial charge in [-0.3, -0.25) is 0 Å². The standard InChI is InChI=1S/C18H23FN4O2/c1-25-16(13-5-7-14(19)8-6-13)12-22-18(24)23-11-3-2-4-15(23)17-20-9-10-21-17/h5-10,15-16H,2-4,11-12H2,1H3,(H,20,21)(H,22,24)/t15-,16-/m1/s1. The van der Waals surface area contributed by atoms with Crippen molar-refractivity contribution in [3.8, 4) is 0 Å². The maximum absolute atomic E-state index is 13.1. The van der Waals surface area contributed by atoms with E-state index in [1.807, 2.05) is 4.90 Å². The Morgan fingerprint density at radius 1 is 1.44 bits per heavy atom. The smallest absolute Gasteiger partial charge is 0.318 e. The molecule has 134 valence electrons. The summed E-state index contributed by atoms with van der Waals surface area (Å²) in [7, 11) is 1.58. The van der Waals surface area contributed by atoms with E-state index < -0.39 is 0 Å². The highest BCUT2D eigenvalue weighted by atomic mass is 19.1. The third-order valence-corrected chi connectivity index (χ3v) is 4.56. The van der Waals surface area contributed by atoms with E-state index in [0.29, 0.717) is 13.1 Å². The number of aromatic nitrogens is 2. The number of ether oxygens (including phenoxy) is 1. The molecule has 1 aromatic heterocycles. The van der Waals surface area contributed by atoms with Crippen LogP contribution in [0.4, 0.5) is 9.18 Å². The Bertz CT molecular complexity index is 675. The zero-order valence-electron chi connectivity index (χ0n) is 14.2. The van der Waals surface area contributed by atoms with Gasteiger partial charge in [0.25, 0.3) is 0 Å². The summed E-state index contributed by atoms with van der Waals surface area (Å²) in [5.74, 6) is 0.522. The summed E-state index contributed by atoms with van der Waals surface area (Å²) in [6.07, 6.45) is 6.11. The fraction of sp³-hybridized carbons (Fsp3) is 0.444. The van der Waals surface area contributed by atoms with Gasteiger partial charge in [-0.05, 0) is 37.0 Å². The number of carbonyl (C=O) groups is 1. The first-order valence-electron chi connectivity index (χ1n) is 8.51. The van der Waals surface area contributed by atoms with Crippen LogP contribution in [0, 0.1) is 5.82 Å². The van der Waals surface area contributed by atoms with Crippen molar-refractivity contribution in [3.63, 3.8) is 0 Å². The second-order valence-corrected chi connectivity index (χ2v) is 6.14. The van der Waals surface area contributed by atoms with E-state index in [1.165, 1.54) is 12.1 Å². The van der Waals surface area contributed by atoms with E-state index in [9.17, 15) is 9.18 Å². The molecule has 2 atom stereocenters. The molecule has 0 aliphatic carbocycles. The second-order valence-electron chi connectivity index (χ2n) is 6.14. The number of H-pyrrole nitrogens is 1. The maximum Gasteiger partial charge on any atom is 0.318 e. The Labute approximate surface area is 146 Å². The highest BCUT2D eigenvalue weighted by Gasteiger charge is 2.29. The lowest BCUT2D eigenvalue weighted by Crippen LogP contribution is -2.46. The Balaban J connectivity index is 1.63. The number of likely N-dealkylation sites (tertiary alicyclic amines) is 1. The van der Waals surface area contributed by atoms with Crippen LogP contribution in [0.15, 0.2) is 36.7 Å². The molecule has 0 saturated carbocycles. The van der Waals surface area contributed by atoms with Crippen molar-refractivity contribution >= 4 is 6.03 Å². The number of halogens is 1. The fourth-order valence-electron chi connectivity index (χ4n) is 3.21. The quantitative estimate of drug-likeness (QED) is 0.874. The number of rotatable bonds is 5. The molecular weight excluding hydrogens is 323 g/mol. The summed E-state index contributed by atoms with van der Waals surface area (Å²) in [5, 5.41) is 2.93. The minimum absolute atomic E-state index is 0.0319. The molecule has 1 fully saturated rings. The minimum atomic E-state index is -0.323. The van der Waals surface area contributed by atoms with E-state index in [2.05, 4.69) is 15.3 Å². The molecule has 7 heteroatoms. The van der Waals surface area contributed by atoms with Gasteiger partial charge < -0.3 is 19.9 Å². The fourth-order valence-corrected chi connectivity index (χ4v) is 3.21. The molecule has 25 heavy (non-hydrogen) atoms. The molecule has 1 aromatic carbocycles. The first kappa shape index (κ1) is 17.4. The number of methoxy groups -OCH3 is 1. The second kappa shape index (κ2) is 8.11. The lowest BCUT2D eigenvalue weighted by Gasteiger charge is -2.34. The normalized spacial score (nSPS) is 18.8. The van der Waals surface area contributed by atoms with Gasteiger partial charge in [-0.25, -0.2) is 14.2 Å². The predicted molar refractivity (Wildman–Crippen MR) is 91.4 cm³/mol. The predicted octanol–water partition coefficient (Wildman–Crippen LogP) is 3.17.